The van der Waals surface area contributed by atoms with Crippen LogP contribution in [-0.4, -0.2) is 25.8 Å². The molecule has 5 heteroatoms. The summed E-state index contributed by atoms with van der Waals surface area (Å²) < 4.78 is 23.4. The zero-order valence-corrected chi connectivity index (χ0v) is 9.61. The Morgan fingerprint density at radius 2 is 1.85 bits per heavy atom. The van der Waals surface area contributed by atoms with E-state index in [0.717, 1.165) is 19.3 Å². The molecule has 0 aromatic rings. The summed E-state index contributed by atoms with van der Waals surface area (Å²) in [6.07, 6.45) is 4.34. The van der Waals surface area contributed by atoms with E-state index in [1.807, 2.05) is 0 Å². The number of hydrogen-bond donors (Lipinski definition) is 0. The van der Waals surface area contributed by atoms with Crippen molar-refractivity contribution in [3.63, 3.8) is 0 Å². The van der Waals surface area contributed by atoms with Gasteiger partial charge in [-0.1, -0.05) is 19.8 Å². The van der Waals surface area contributed by atoms with Crippen LogP contribution in [0.15, 0.2) is 0 Å². The lowest BCUT2D eigenvalue weighted by Crippen LogP contribution is -2.40. The Morgan fingerprint density at radius 1 is 1.31 bits per heavy atom. The molecule has 1 aliphatic rings. The molecular weight excluding hydrogens is 210 g/mol. The van der Waals surface area contributed by atoms with Crippen LogP contribution in [0.4, 0.5) is 0 Å². The average Bonchev–Trinajstić information content (AvgIpc) is 2.02. The fraction of sp³-hybridized carbons (Fsp3) is 1.00. The lowest BCUT2D eigenvalue weighted by molar-refractivity contribution is 0.216. The van der Waals surface area contributed by atoms with Gasteiger partial charge in [-0.3, -0.25) is 0 Å². The zero-order chi connectivity index (χ0) is 10.1. The standard InChI is InChI=1S/C8H16ClNO2S/c1-7-5-3-4-6-8(7)10(2)13(9,11)12/h7-8H,3-6H2,1-2H3. The maximum absolute atomic E-state index is 11.1. The molecule has 1 rings (SSSR count). The predicted molar refractivity (Wildman–Crippen MR) is 54.0 cm³/mol. The van der Waals surface area contributed by atoms with E-state index < -0.39 is 9.24 Å². The highest BCUT2D eigenvalue weighted by Crippen LogP contribution is 2.29. The van der Waals surface area contributed by atoms with Gasteiger partial charge in [0.05, 0.1) is 0 Å². The van der Waals surface area contributed by atoms with Crippen LogP contribution in [-0.2, 0) is 9.24 Å². The molecular formula is C8H16ClNO2S. The molecule has 3 nitrogen and oxygen atoms in total. The first-order valence-electron chi connectivity index (χ1n) is 4.60. The molecule has 13 heavy (non-hydrogen) atoms. The Kier molecular flexibility index (Phi) is 3.60. The lowest BCUT2D eigenvalue weighted by Gasteiger charge is -2.33. The highest BCUT2D eigenvalue weighted by atomic mass is 35.7. The third kappa shape index (κ3) is 2.82. The molecule has 0 aromatic carbocycles. The van der Waals surface area contributed by atoms with Gasteiger partial charge in [-0.15, -0.1) is 0 Å². The van der Waals surface area contributed by atoms with Gasteiger partial charge in [-0.05, 0) is 18.8 Å². The Morgan fingerprint density at radius 3 is 2.31 bits per heavy atom. The summed E-state index contributed by atoms with van der Waals surface area (Å²) >= 11 is 0. The van der Waals surface area contributed by atoms with Gasteiger partial charge in [0.2, 0.25) is 0 Å². The van der Waals surface area contributed by atoms with Crippen LogP contribution in [0.2, 0.25) is 0 Å². The normalized spacial score (nSPS) is 30.8. The number of rotatable bonds is 2. The van der Waals surface area contributed by atoms with Crippen molar-refractivity contribution in [1.29, 1.82) is 0 Å². The molecule has 0 heterocycles. The summed E-state index contributed by atoms with van der Waals surface area (Å²) in [6, 6.07) is 0.0937. The lowest BCUT2D eigenvalue weighted by atomic mass is 9.86. The molecule has 0 radical (unpaired) electrons. The molecule has 0 bridgehead atoms. The molecule has 78 valence electrons. The topological polar surface area (TPSA) is 37.4 Å². The molecule has 0 aliphatic heterocycles. The number of nitrogens with zero attached hydrogens (tertiary/aromatic N) is 1. The van der Waals surface area contributed by atoms with E-state index >= 15 is 0 Å². The first-order valence-corrected chi connectivity index (χ1v) is 6.87. The monoisotopic (exact) mass is 225 g/mol. The van der Waals surface area contributed by atoms with E-state index in [0.29, 0.717) is 5.92 Å². The second-order valence-corrected chi connectivity index (χ2v) is 6.36. The summed E-state index contributed by atoms with van der Waals surface area (Å²) in [7, 11) is 3.31. The summed E-state index contributed by atoms with van der Waals surface area (Å²) in [5.41, 5.74) is 0. The minimum absolute atomic E-state index is 0.0937. The van der Waals surface area contributed by atoms with Crippen molar-refractivity contribution in [2.45, 2.75) is 38.6 Å². The quantitative estimate of drug-likeness (QED) is 0.674. The van der Waals surface area contributed by atoms with Crippen molar-refractivity contribution >= 4 is 19.9 Å². The van der Waals surface area contributed by atoms with Crippen LogP contribution in [0.3, 0.4) is 0 Å². The third-order valence-corrected chi connectivity index (χ3v) is 4.49. The van der Waals surface area contributed by atoms with Gasteiger partial charge >= 0.3 is 0 Å². The van der Waals surface area contributed by atoms with E-state index in [2.05, 4.69) is 6.92 Å². The minimum atomic E-state index is -3.53. The highest BCUT2D eigenvalue weighted by Gasteiger charge is 2.30. The molecule has 0 saturated heterocycles. The molecule has 1 fully saturated rings. The highest BCUT2D eigenvalue weighted by molar-refractivity contribution is 8.11. The number of hydrogen-bond acceptors (Lipinski definition) is 2. The molecule has 1 aliphatic carbocycles. The van der Waals surface area contributed by atoms with E-state index in [1.165, 1.54) is 10.7 Å². The van der Waals surface area contributed by atoms with Crippen LogP contribution in [0.5, 0.6) is 0 Å². The van der Waals surface area contributed by atoms with Crippen molar-refractivity contribution in [3.05, 3.63) is 0 Å². The van der Waals surface area contributed by atoms with Gasteiger partial charge in [-0.2, -0.15) is 12.7 Å². The predicted octanol–water partition coefficient (Wildman–Crippen LogP) is 1.98. The largest absolute Gasteiger partial charge is 0.299 e. The molecule has 0 aromatic heterocycles. The van der Waals surface area contributed by atoms with Gasteiger partial charge in [0.25, 0.3) is 9.24 Å². The number of halogens is 1. The molecule has 0 N–H and O–H groups in total. The van der Waals surface area contributed by atoms with Crippen molar-refractivity contribution in [1.82, 2.24) is 4.31 Å². The van der Waals surface area contributed by atoms with Crippen LogP contribution in [0.1, 0.15) is 32.6 Å². The van der Waals surface area contributed by atoms with Gasteiger partial charge in [0.1, 0.15) is 0 Å². The van der Waals surface area contributed by atoms with E-state index in [-0.39, 0.29) is 6.04 Å². The van der Waals surface area contributed by atoms with Crippen LogP contribution in [0, 0.1) is 5.92 Å². The maximum atomic E-state index is 11.1. The summed E-state index contributed by atoms with van der Waals surface area (Å²) in [4.78, 5) is 0. The van der Waals surface area contributed by atoms with E-state index in [1.54, 1.807) is 7.05 Å². The molecule has 0 amide bonds. The maximum Gasteiger partial charge on any atom is 0.299 e. The Bertz CT molecular complexity index is 265. The molecule has 2 unspecified atom stereocenters. The molecule has 2 atom stereocenters. The minimum Gasteiger partial charge on any atom is -0.195 e. The Hall–Kier alpha value is 0.200. The van der Waals surface area contributed by atoms with Crippen LogP contribution >= 0.6 is 10.7 Å². The van der Waals surface area contributed by atoms with Crippen LogP contribution in [0.25, 0.3) is 0 Å². The van der Waals surface area contributed by atoms with Crippen molar-refractivity contribution < 1.29 is 8.42 Å². The second kappa shape index (κ2) is 4.15. The van der Waals surface area contributed by atoms with Crippen molar-refractivity contribution in [3.8, 4) is 0 Å². The van der Waals surface area contributed by atoms with Crippen molar-refractivity contribution in [2.75, 3.05) is 7.05 Å². The van der Waals surface area contributed by atoms with Gasteiger partial charge < -0.3 is 0 Å². The van der Waals surface area contributed by atoms with Crippen molar-refractivity contribution in [2.24, 2.45) is 5.92 Å². The molecule has 0 spiro atoms. The van der Waals surface area contributed by atoms with E-state index in [9.17, 15) is 8.42 Å². The third-order valence-electron chi connectivity index (χ3n) is 2.88. The van der Waals surface area contributed by atoms with Gasteiger partial charge in [0.15, 0.2) is 0 Å². The fourth-order valence-corrected chi connectivity index (χ4v) is 2.94. The molecule has 1 saturated carbocycles. The first kappa shape index (κ1) is 11.3. The zero-order valence-electron chi connectivity index (χ0n) is 8.03. The van der Waals surface area contributed by atoms with Crippen LogP contribution < -0.4 is 0 Å². The average molecular weight is 226 g/mol. The smallest absolute Gasteiger partial charge is 0.195 e. The van der Waals surface area contributed by atoms with Gasteiger partial charge in [-0.25, -0.2) is 0 Å². The van der Waals surface area contributed by atoms with Gasteiger partial charge in [0, 0.05) is 23.8 Å². The summed E-state index contributed by atoms with van der Waals surface area (Å²) in [6.45, 7) is 2.09. The first-order chi connectivity index (χ1) is 5.93. The Balaban J connectivity index is 2.70. The Labute approximate surface area is 84.6 Å². The fourth-order valence-electron chi connectivity index (χ4n) is 2.00. The van der Waals surface area contributed by atoms with E-state index in [4.69, 9.17) is 10.7 Å². The second-order valence-electron chi connectivity index (χ2n) is 3.79. The SMILES string of the molecule is CC1CCCCC1N(C)S(=O)(=O)Cl. The summed E-state index contributed by atoms with van der Waals surface area (Å²) in [5.74, 6) is 0.423. The summed E-state index contributed by atoms with van der Waals surface area (Å²) in [5, 5.41) is 0.